The average molecular weight is 340 g/mol. The zero-order valence-electron chi connectivity index (χ0n) is 11.4. The van der Waals surface area contributed by atoms with E-state index < -0.39 is 28.7 Å². The molecule has 0 spiro atoms. The molecule has 0 bridgehead atoms. The number of nitrogens with one attached hydrogen (secondary N) is 1. The topological polar surface area (TPSA) is 72.2 Å². The van der Waals surface area contributed by atoms with Crippen LogP contribution in [0.2, 0.25) is 0 Å². The fourth-order valence-corrected chi connectivity index (χ4v) is 3.40. The summed E-state index contributed by atoms with van der Waals surface area (Å²) in [6.07, 6.45) is -5.70. The number of benzene rings is 1. The second kappa shape index (κ2) is 6.29. The van der Waals surface area contributed by atoms with Crippen LogP contribution < -0.4 is 10.5 Å². The van der Waals surface area contributed by atoms with Crippen molar-refractivity contribution in [1.29, 1.82) is 0 Å². The lowest BCUT2D eigenvalue weighted by Crippen LogP contribution is -2.36. The predicted octanol–water partition coefficient (Wildman–Crippen LogP) is 2.25. The Morgan fingerprint density at radius 2 is 2.00 bits per heavy atom. The second-order valence-corrected chi connectivity index (χ2v) is 6.81. The SMILES string of the molecule is Cc1ccc(C(N)=S)cc1S(=O)(=O)NC(C)CC(F)(F)F. The fraction of sp³-hybridized carbons (Fsp3) is 0.417. The van der Waals surface area contributed by atoms with Crippen LogP contribution in [0, 0.1) is 6.92 Å². The molecule has 0 aliphatic rings. The van der Waals surface area contributed by atoms with Crippen LogP contribution >= 0.6 is 12.2 Å². The van der Waals surface area contributed by atoms with Crippen molar-refractivity contribution in [2.75, 3.05) is 0 Å². The van der Waals surface area contributed by atoms with Crippen molar-refractivity contribution in [3.8, 4) is 0 Å². The van der Waals surface area contributed by atoms with E-state index in [9.17, 15) is 21.6 Å². The van der Waals surface area contributed by atoms with Crippen LogP contribution in [0.5, 0.6) is 0 Å². The van der Waals surface area contributed by atoms with Crippen LogP contribution in [0.3, 0.4) is 0 Å². The summed E-state index contributed by atoms with van der Waals surface area (Å²) in [4.78, 5) is -0.128. The summed E-state index contributed by atoms with van der Waals surface area (Å²) in [7, 11) is -4.08. The number of thiocarbonyl (C=S) groups is 1. The number of halogens is 3. The first-order chi connectivity index (χ1) is 9.42. The molecule has 1 aromatic carbocycles. The van der Waals surface area contributed by atoms with E-state index in [1.165, 1.54) is 19.1 Å². The van der Waals surface area contributed by atoms with Gasteiger partial charge in [0.25, 0.3) is 0 Å². The Labute approximate surface area is 126 Å². The molecule has 0 amide bonds. The van der Waals surface area contributed by atoms with E-state index in [1.807, 2.05) is 4.72 Å². The van der Waals surface area contributed by atoms with Gasteiger partial charge in [-0.2, -0.15) is 13.2 Å². The van der Waals surface area contributed by atoms with Crippen molar-refractivity contribution in [3.63, 3.8) is 0 Å². The summed E-state index contributed by atoms with van der Waals surface area (Å²) in [6.45, 7) is 2.68. The number of sulfonamides is 1. The van der Waals surface area contributed by atoms with Crippen molar-refractivity contribution < 1.29 is 21.6 Å². The summed E-state index contributed by atoms with van der Waals surface area (Å²) >= 11 is 4.76. The molecule has 1 atom stereocenters. The van der Waals surface area contributed by atoms with Gasteiger partial charge in [-0.3, -0.25) is 0 Å². The minimum atomic E-state index is -4.45. The van der Waals surface area contributed by atoms with Gasteiger partial charge in [0, 0.05) is 11.6 Å². The summed E-state index contributed by atoms with van der Waals surface area (Å²) in [5.74, 6) is 0. The van der Waals surface area contributed by atoms with Crippen molar-refractivity contribution >= 4 is 27.2 Å². The van der Waals surface area contributed by atoms with E-state index >= 15 is 0 Å². The highest BCUT2D eigenvalue weighted by Gasteiger charge is 2.32. The van der Waals surface area contributed by atoms with E-state index in [0.29, 0.717) is 11.1 Å². The van der Waals surface area contributed by atoms with Gasteiger partial charge in [-0.15, -0.1) is 0 Å². The molecule has 0 aromatic heterocycles. The Morgan fingerprint density at radius 3 is 2.48 bits per heavy atom. The van der Waals surface area contributed by atoms with Crippen molar-refractivity contribution in [2.45, 2.75) is 37.4 Å². The summed E-state index contributed by atoms with van der Waals surface area (Å²) in [6, 6.07) is 3.02. The highest BCUT2D eigenvalue weighted by Crippen LogP contribution is 2.23. The monoisotopic (exact) mass is 340 g/mol. The third kappa shape index (κ3) is 5.25. The Hall–Kier alpha value is -1.19. The average Bonchev–Trinajstić information content (AvgIpc) is 2.24. The molecule has 0 heterocycles. The van der Waals surface area contributed by atoms with E-state index in [-0.39, 0.29) is 9.88 Å². The van der Waals surface area contributed by atoms with Gasteiger partial charge in [-0.25, -0.2) is 13.1 Å². The van der Waals surface area contributed by atoms with Crippen molar-refractivity contribution in [1.82, 2.24) is 4.72 Å². The van der Waals surface area contributed by atoms with E-state index in [2.05, 4.69) is 0 Å². The molecule has 1 rings (SSSR count). The van der Waals surface area contributed by atoms with Gasteiger partial charge in [0.2, 0.25) is 10.0 Å². The van der Waals surface area contributed by atoms with Gasteiger partial charge in [0.05, 0.1) is 11.3 Å². The molecule has 3 N–H and O–H groups in total. The van der Waals surface area contributed by atoms with Crippen LogP contribution in [-0.2, 0) is 10.0 Å². The van der Waals surface area contributed by atoms with Gasteiger partial charge in [0.1, 0.15) is 4.99 Å². The Kier molecular flexibility index (Phi) is 5.35. The number of alkyl halides is 3. The zero-order chi connectivity index (χ0) is 16.4. The van der Waals surface area contributed by atoms with E-state index in [4.69, 9.17) is 18.0 Å². The zero-order valence-corrected chi connectivity index (χ0v) is 13.0. The van der Waals surface area contributed by atoms with Crippen LogP contribution in [-0.4, -0.2) is 25.6 Å². The number of rotatable bonds is 5. The standard InChI is InChI=1S/C12H15F3N2O2S2/c1-7-3-4-9(11(16)20)5-10(7)21(18,19)17-8(2)6-12(13,14)15/h3-5,8,17H,6H2,1-2H3,(H2,16,20). The van der Waals surface area contributed by atoms with Gasteiger partial charge in [0.15, 0.2) is 0 Å². The van der Waals surface area contributed by atoms with E-state index in [1.54, 1.807) is 6.07 Å². The maximum atomic E-state index is 12.3. The number of aryl methyl sites for hydroxylation is 1. The molecular weight excluding hydrogens is 325 g/mol. The molecule has 0 fully saturated rings. The summed E-state index contributed by atoms with van der Waals surface area (Å²) < 4.78 is 63.1. The second-order valence-electron chi connectivity index (χ2n) is 4.69. The molecule has 4 nitrogen and oxygen atoms in total. The lowest BCUT2D eigenvalue weighted by molar-refractivity contribution is -0.137. The predicted molar refractivity (Wildman–Crippen MR) is 77.5 cm³/mol. The van der Waals surface area contributed by atoms with Crippen molar-refractivity contribution in [2.24, 2.45) is 5.73 Å². The van der Waals surface area contributed by atoms with Gasteiger partial charge >= 0.3 is 6.18 Å². The smallest absolute Gasteiger partial charge is 0.389 e. The molecule has 21 heavy (non-hydrogen) atoms. The third-order valence-electron chi connectivity index (χ3n) is 2.66. The van der Waals surface area contributed by atoms with Gasteiger partial charge in [-0.1, -0.05) is 24.4 Å². The van der Waals surface area contributed by atoms with Gasteiger partial charge < -0.3 is 5.73 Å². The summed E-state index contributed by atoms with van der Waals surface area (Å²) in [5.41, 5.74) is 6.15. The largest absolute Gasteiger partial charge is 0.390 e. The Bertz CT molecular complexity index is 642. The molecule has 1 unspecified atom stereocenters. The quantitative estimate of drug-likeness (QED) is 0.807. The lowest BCUT2D eigenvalue weighted by Gasteiger charge is -2.17. The van der Waals surface area contributed by atoms with Crippen LogP contribution in [0.4, 0.5) is 13.2 Å². The summed E-state index contributed by atoms with van der Waals surface area (Å²) in [5, 5.41) is 0. The number of hydrogen-bond donors (Lipinski definition) is 2. The minimum Gasteiger partial charge on any atom is -0.389 e. The highest BCUT2D eigenvalue weighted by atomic mass is 32.2. The Balaban J connectivity index is 3.08. The number of nitrogens with two attached hydrogens (primary N) is 1. The van der Waals surface area contributed by atoms with Crippen molar-refractivity contribution in [3.05, 3.63) is 29.3 Å². The molecule has 0 saturated heterocycles. The fourth-order valence-electron chi connectivity index (χ4n) is 1.76. The molecule has 0 radical (unpaired) electrons. The molecule has 0 saturated carbocycles. The third-order valence-corrected chi connectivity index (χ3v) is 4.62. The maximum Gasteiger partial charge on any atom is 0.390 e. The molecule has 9 heteroatoms. The highest BCUT2D eigenvalue weighted by molar-refractivity contribution is 7.89. The first-order valence-electron chi connectivity index (χ1n) is 5.92. The molecule has 1 aromatic rings. The van der Waals surface area contributed by atoms with Crippen LogP contribution in [0.1, 0.15) is 24.5 Å². The number of hydrogen-bond acceptors (Lipinski definition) is 3. The normalized spacial score (nSPS) is 14.0. The lowest BCUT2D eigenvalue weighted by atomic mass is 10.1. The minimum absolute atomic E-state index is 0.00906. The van der Waals surface area contributed by atoms with Crippen LogP contribution in [0.15, 0.2) is 23.1 Å². The molecular formula is C12H15F3N2O2S2. The first-order valence-corrected chi connectivity index (χ1v) is 7.81. The molecule has 0 aliphatic carbocycles. The first kappa shape index (κ1) is 17.9. The van der Waals surface area contributed by atoms with E-state index in [0.717, 1.165) is 6.92 Å². The molecule has 0 aliphatic heterocycles. The van der Waals surface area contributed by atoms with Gasteiger partial charge in [-0.05, 0) is 25.5 Å². The maximum absolute atomic E-state index is 12.3. The van der Waals surface area contributed by atoms with Crippen LogP contribution in [0.25, 0.3) is 0 Å². The Morgan fingerprint density at radius 1 is 1.43 bits per heavy atom. The molecule has 118 valence electrons.